The highest BCUT2D eigenvalue weighted by molar-refractivity contribution is 7.70. The van der Waals surface area contributed by atoms with Crippen LogP contribution in [0.25, 0.3) is 32.7 Å². The lowest BCUT2D eigenvalue weighted by molar-refractivity contribution is 0.588. The number of rotatable bonds is 2. The van der Waals surface area contributed by atoms with E-state index in [-0.39, 0.29) is 0 Å². The number of benzene rings is 4. The van der Waals surface area contributed by atoms with E-state index in [0.717, 1.165) is 5.30 Å². The Morgan fingerprint density at radius 1 is 0.667 bits per heavy atom. The molecule has 4 aromatic carbocycles. The second-order valence-corrected chi connectivity index (χ2v) is 9.81. The van der Waals surface area contributed by atoms with Crippen LogP contribution < -0.4 is 5.30 Å². The molecule has 0 saturated carbocycles. The summed E-state index contributed by atoms with van der Waals surface area (Å²) in [4.78, 5) is 0. The van der Waals surface area contributed by atoms with Crippen molar-refractivity contribution in [2.75, 3.05) is 13.3 Å². The monoisotopic (exact) mass is 330 g/mol. The molecule has 0 aliphatic heterocycles. The van der Waals surface area contributed by atoms with Crippen LogP contribution in [0.5, 0.6) is 0 Å². The van der Waals surface area contributed by atoms with E-state index in [4.69, 9.17) is 0 Å². The SMILES string of the molecule is CP(C)(=O)c1ccc(-c2c3ccccc3cc3ccccc23)cc1. The minimum Gasteiger partial charge on any atom is -0.319 e. The first-order chi connectivity index (χ1) is 11.5. The Kier molecular flexibility index (Phi) is 3.55. The largest absolute Gasteiger partial charge is 0.319 e. The van der Waals surface area contributed by atoms with E-state index in [2.05, 4.69) is 66.7 Å². The molecule has 0 unspecified atom stereocenters. The summed E-state index contributed by atoms with van der Waals surface area (Å²) < 4.78 is 12.3. The molecule has 0 heterocycles. The van der Waals surface area contributed by atoms with E-state index in [1.54, 1.807) is 0 Å². The van der Waals surface area contributed by atoms with E-state index < -0.39 is 7.14 Å². The van der Waals surface area contributed by atoms with Crippen molar-refractivity contribution in [1.82, 2.24) is 0 Å². The van der Waals surface area contributed by atoms with Crippen LogP contribution in [0.4, 0.5) is 0 Å². The highest BCUT2D eigenvalue weighted by Crippen LogP contribution is 2.38. The molecular weight excluding hydrogens is 311 g/mol. The van der Waals surface area contributed by atoms with Crippen molar-refractivity contribution in [2.45, 2.75) is 0 Å². The van der Waals surface area contributed by atoms with Crippen molar-refractivity contribution >= 4 is 34.0 Å². The maximum Gasteiger partial charge on any atom is 0.109 e. The zero-order valence-corrected chi connectivity index (χ0v) is 14.8. The Balaban J connectivity index is 2.05. The molecule has 4 aromatic rings. The molecule has 2 heteroatoms. The highest BCUT2D eigenvalue weighted by Gasteiger charge is 2.13. The quantitative estimate of drug-likeness (QED) is 0.330. The summed E-state index contributed by atoms with van der Waals surface area (Å²) in [6, 6.07) is 27.5. The third-order valence-corrected chi connectivity index (χ3v) is 6.09. The topological polar surface area (TPSA) is 17.1 Å². The molecule has 0 bridgehead atoms. The van der Waals surface area contributed by atoms with Crippen molar-refractivity contribution in [3.05, 3.63) is 78.9 Å². The molecule has 0 radical (unpaired) electrons. The van der Waals surface area contributed by atoms with Crippen molar-refractivity contribution < 1.29 is 4.57 Å². The number of fused-ring (bicyclic) bond motifs is 2. The van der Waals surface area contributed by atoms with Gasteiger partial charge in [-0.15, -0.1) is 0 Å². The molecule has 0 saturated heterocycles. The van der Waals surface area contributed by atoms with Gasteiger partial charge in [-0.1, -0.05) is 72.8 Å². The fourth-order valence-corrected chi connectivity index (χ4v) is 4.18. The van der Waals surface area contributed by atoms with Crippen LogP contribution >= 0.6 is 7.14 Å². The lowest BCUT2D eigenvalue weighted by atomic mass is 9.92. The summed E-state index contributed by atoms with van der Waals surface area (Å²) in [6.07, 6.45) is 0. The molecule has 1 nitrogen and oxygen atoms in total. The lowest BCUT2D eigenvalue weighted by Crippen LogP contribution is -2.01. The second kappa shape index (κ2) is 5.61. The van der Waals surface area contributed by atoms with E-state index >= 15 is 0 Å². The average molecular weight is 330 g/mol. The van der Waals surface area contributed by atoms with Gasteiger partial charge in [-0.05, 0) is 52.1 Å². The van der Waals surface area contributed by atoms with Gasteiger partial charge in [-0.25, -0.2) is 0 Å². The summed E-state index contributed by atoms with van der Waals surface area (Å²) in [5.41, 5.74) is 2.41. The van der Waals surface area contributed by atoms with Gasteiger partial charge >= 0.3 is 0 Å². The Morgan fingerprint density at radius 3 is 1.67 bits per heavy atom. The van der Waals surface area contributed by atoms with Crippen LogP contribution in [0, 0.1) is 0 Å². The number of hydrogen-bond acceptors (Lipinski definition) is 1. The van der Waals surface area contributed by atoms with Gasteiger partial charge in [0.2, 0.25) is 0 Å². The Morgan fingerprint density at radius 2 is 1.17 bits per heavy atom. The van der Waals surface area contributed by atoms with Gasteiger partial charge in [0.1, 0.15) is 7.14 Å². The minimum absolute atomic E-state index is 0.927. The summed E-state index contributed by atoms with van der Waals surface area (Å²) in [5.74, 6) is 0. The van der Waals surface area contributed by atoms with Crippen LogP contribution in [-0.4, -0.2) is 13.3 Å². The van der Waals surface area contributed by atoms with Crippen molar-refractivity contribution in [1.29, 1.82) is 0 Å². The van der Waals surface area contributed by atoms with Crippen molar-refractivity contribution in [3.8, 4) is 11.1 Å². The molecule has 0 N–H and O–H groups in total. The molecule has 0 aromatic heterocycles. The van der Waals surface area contributed by atoms with E-state index in [0.29, 0.717) is 0 Å². The maximum atomic E-state index is 12.3. The summed E-state index contributed by atoms with van der Waals surface area (Å²) >= 11 is 0. The zero-order chi connectivity index (χ0) is 16.7. The first-order valence-corrected chi connectivity index (χ1v) is 10.7. The molecule has 0 aliphatic carbocycles. The fraction of sp³-hybridized carbons (Fsp3) is 0.0909. The van der Waals surface area contributed by atoms with Crippen LogP contribution in [-0.2, 0) is 4.57 Å². The normalized spacial score (nSPS) is 11.9. The fourth-order valence-electron chi connectivity index (χ4n) is 3.31. The molecule has 0 aliphatic rings. The van der Waals surface area contributed by atoms with Gasteiger partial charge in [0.15, 0.2) is 0 Å². The van der Waals surface area contributed by atoms with Gasteiger partial charge in [-0.2, -0.15) is 0 Å². The van der Waals surface area contributed by atoms with Gasteiger partial charge in [-0.3, -0.25) is 0 Å². The molecule has 0 atom stereocenters. The predicted octanol–water partition coefficient (Wildman–Crippen LogP) is 5.91. The number of hydrogen-bond donors (Lipinski definition) is 0. The average Bonchev–Trinajstić information content (AvgIpc) is 2.59. The molecule has 118 valence electrons. The Bertz CT molecular complexity index is 1030. The summed E-state index contributed by atoms with van der Waals surface area (Å²) in [5, 5.41) is 5.91. The summed E-state index contributed by atoms with van der Waals surface area (Å²) in [7, 11) is -2.23. The van der Waals surface area contributed by atoms with Gasteiger partial charge in [0, 0.05) is 5.30 Å². The third-order valence-electron chi connectivity index (χ3n) is 4.55. The van der Waals surface area contributed by atoms with Gasteiger partial charge < -0.3 is 4.57 Å². The van der Waals surface area contributed by atoms with E-state index in [1.807, 2.05) is 25.5 Å². The summed E-state index contributed by atoms with van der Waals surface area (Å²) in [6.45, 7) is 3.63. The van der Waals surface area contributed by atoms with Crippen molar-refractivity contribution in [2.24, 2.45) is 0 Å². The highest BCUT2D eigenvalue weighted by atomic mass is 31.2. The minimum atomic E-state index is -2.23. The standard InChI is InChI=1S/C22H19OP/c1-24(2,23)19-13-11-16(12-14-19)22-20-9-5-3-7-17(20)15-18-8-4-6-10-21(18)22/h3-15H,1-2H3. The first-order valence-electron chi connectivity index (χ1n) is 8.10. The Hall–Kier alpha value is -2.37. The lowest BCUT2D eigenvalue weighted by Gasteiger charge is -2.13. The van der Waals surface area contributed by atoms with E-state index in [1.165, 1.54) is 32.7 Å². The molecule has 0 fully saturated rings. The van der Waals surface area contributed by atoms with E-state index in [9.17, 15) is 4.57 Å². The van der Waals surface area contributed by atoms with Gasteiger partial charge in [0.05, 0.1) is 0 Å². The second-order valence-electron chi connectivity index (χ2n) is 6.59. The van der Waals surface area contributed by atoms with Crippen LogP contribution in [0.15, 0.2) is 78.9 Å². The first kappa shape index (κ1) is 15.2. The Labute approximate surface area is 142 Å². The van der Waals surface area contributed by atoms with Crippen LogP contribution in [0.2, 0.25) is 0 Å². The predicted molar refractivity (Wildman–Crippen MR) is 106 cm³/mol. The maximum absolute atomic E-state index is 12.3. The van der Waals surface area contributed by atoms with Crippen LogP contribution in [0.1, 0.15) is 0 Å². The zero-order valence-electron chi connectivity index (χ0n) is 13.9. The molecule has 0 amide bonds. The molecular formula is C22H19OP. The van der Waals surface area contributed by atoms with Gasteiger partial charge in [0.25, 0.3) is 0 Å². The smallest absolute Gasteiger partial charge is 0.109 e. The third kappa shape index (κ3) is 2.56. The molecule has 24 heavy (non-hydrogen) atoms. The van der Waals surface area contributed by atoms with Crippen LogP contribution in [0.3, 0.4) is 0 Å². The molecule has 0 spiro atoms. The molecule has 4 rings (SSSR count). The van der Waals surface area contributed by atoms with Crippen molar-refractivity contribution in [3.63, 3.8) is 0 Å².